The molecule has 0 saturated carbocycles. The lowest BCUT2D eigenvalue weighted by Gasteiger charge is -2.06. The molecular weight excluding hydrogens is 244 g/mol. The molecule has 0 aliphatic carbocycles. The van der Waals surface area contributed by atoms with Gasteiger partial charge in [0.2, 0.25) is 5.91 Å². The summed E-state index contributed by atoms with van der Waals surface area (Å²) in [6.07, 6.45) is 0. The van der Waals surface area contributed by atoms with E-state index in [-0.39, 0.29) is 19.7 Å². The Labute approximate surface area is 104 Å². The third kappa shape index (κ3) is 5.33. The molecule has 0 bridgehead atoms. The molecule has 0 radical (unpaired) electrons. The van der Waals surface area contributed by atoms with Crippen molar-refractivity contribution in [2.24, 2.45) is 5.73 Å². The Morgan fingerprint density at radius 3 is 2.65 bits per heavy atom. The van der Waals surface area contributed by atoms with Crippen LogP contribution in [-0.4, -0.2) is 25.0 Å². The number of nitrogens with one attached hydrogen (secondary N) is 1. The van der Waals surface area contributed by atoms with E-state index < -0.39 is 11.9 Å². The van der Waals surface area contributed by atoms with Crippen molar-refractivity contribution in [1.29, 1.82) is 0 Å². The molecule has 0 fully saturated rings. The Bertz CT molecular complexity index is 409. The van der Waals surface area contributed by atoms with Gasteiger partial charge in [-0.1, -0.05) is 29.8 Å². The number of rotatable bonds is 6. The van der Waals surface area contributed by atoms with Gasteiger partial charge in [-0.3, -0.25) is 14.9 Å². The summed E-state index contributed by atoms with van der Waals surface area (Å²) in [5, 5.41) is 3.10. The van der Waals surface area contributed by atoms with Crippen LogP contribution in [0.3, 0.4) is 0 Å². The maximum absolute atomic E-state index is 11.2. The van der Waals surface area contributed by atoms with Crippen LogP contribution < -0.4 is 11.1 Å². The summed E-state index contributed by atoms with van der Waals surface area (Å²) in [4.78, 5) is 21.6. The summed E-state index contributed by atoms with van der Waals surface area (Å²) in [5.41, 5.74) is 5.63. The molecule has 1 rings (SSSR count). The van der Waals surface area contributed by atoms with Gasteiger partial charge in [-0.2, -0.15) is 0 Å². The predicted octanol–water partition coefficient (Wildman–Crippen LogP) is 0.458. The van der Waals surface area contributed by atoms with E-state index in [9.17, 15) is 9.59 Å². The number of carbonyl (C=O) groups excluding carboxylic acids is 2. The molecule has 1 aromatic rings. The van der Waals surface area contributed by atoms with Crippen molar-refractivity contribution in [3.05, 3.63) is 34.9 Å². The lowest BCUT2D eigenvalue weighted by Crippen LogP contribution is -2.33. The smallest absolute Gasteiger partial charge is 0.320 e. The summed E-state index contributed by atoms with van der Waals surface area (Å²) in [6, 6.07) is 7.09. The summed E-state index contributed by atoms with van der Waals surface area (Å²) in [7, 11) is 0. The summed E-state index contributed by atoms with van der Waals surface area (Å²) >= 11 is 5.89. The van der Waals surface area contributed by atoms with Crippen molar-refractivity contribution in [3.8, 4) is 0 Å². The molecule has 0 aliphatic heterocycles. The van der Waals surface area contributed by atoms with Gasteiger partial charge in [0.25, 0.3) is 0 Å². The van der Waals surface area contributed by atoms with Gasteiger partial charge in [-0.25, -0.2) is 0 Å². The van der Waals surface area contributed by atoms with Crippen LogP contribution in [0.2, 0.25) is 5.02 Å². The Balaban J connectivity index is 2.29. The summed E-state index contributed by atoms with van der Waals surface area (Å²) < 4.78 is 4.95. The number of hydrogen-bond donors (Lipinski definition) is 2. The number of hydrogen-bond acceptors (Lipinski definition) is 4. The van der Waals surface area contributed by atoms with E-state index in [1.807, 2.05) is 0 Å². The second-order valence-electron chi connectivity index (χ2n) is 3.32. The predicted molar refractivity (Wildman–Crippen MR) is 63.3 cm³/mol. The van der Waals surface area contributed by atoms with Gasteiger partial charge < -0.3 is 10.5 Å². The summed E-state index contributed by atoms with van der Waals surface area (Å²) in [6.45, 7) is -0.00859. The van der Waals surface area contributed by atoms with Crippen LogP contribution in [0, 0.1) is 0 Å². The van der Waals surface area contributed by atoms with E-state index in [0.29, 0.717) is 5.02 Å². The highest BCUT2D eigenvalue weighted by molar-refractivity contribution is 6.31. The maximum atomic E-state index is 11.2. The molecule has 0 unspecified atom stereocenters. The quantitative estimate of drug-likeness (QED) is 0.725. The first-order chi connectivity index (χ1) is 8.09. The molecule has 0 spiro atoms. The van der Waals surface area contributed by atoms with Crippen molar-refractivity contribution in [3.63, 3.8) is 0 Å². The molecule has 3 N–H and O–H groups in total. The minimum Gasteiger partial charge on any atom is -0.460 e. The van der Waals surface area contributed by atoms with Gasteiger partial charge in [0.05, 0.1) is 13.1 Å². The van der Waals surface area contributed by atoms with Crippen molar-refractivity contribution in [2.45, 2.75) is 6.61 Å². The van der Waals surface area contributed by atoms with Gasteiger partial charge in [0.1, 0.15) is 6.61 Å². The zero-order valence-corrected chi connectivity index (χ0v) is 9.87. The lowest BCUT2D eigenvalue weighted by atomic mass is 10.2. The molecule has 1 aromatic carbocycles. The van der Waals surface area contributed by atoms with Crippen LogP contribution >= 0.6 is 11.6 Å². The molecule has 0 aromatic heterocycles. The number of esters is 1. The molecule has 92 valence electrons. The third-order valence-electron chi connectivity index (χ3n) is 1.92. The average Bonchev–Trinajstić information content (AvgIpc) is 2.27. The highest BCUT2D eigenvalue weighted by Crippen LogP contribution is 2.15. The second-order valence-corrected chi connectivity index (χ2v) is 3.73. The van der Waals surface area contributed by atoms with Crippen LogP contribution in [0.15, 0.2) is 24.3 Å². The molecular formula is C11H13ClN2O3. The van der Waals surface area contributed by atoms with E-state index in [4.69, 9.17) is 22.1 Å². The first-order valence-electron chi connectivity index (χ1n) is 4.97. The molecule has 5 nitrogen and oxygen atoms in total. The molecule has 0 atom stereocenters. The summed E-state index contributed by atoms with van der Waals surface area (Å²) in [5.74, 6) is -0.991. The zero-order chi connectivity index (χ0) is 12.7. The number of amides is 1. The van der Waals surface area contributed by atoms with Crippen LogP contribution in [0.25, 0.3) is 0 Å². The average molecular weight is 257 g/mol. The molecule has 0 heterocycles. The molecule has 0 aliphatic rings. The fourth-order valence-corrected chi connectivity index (χ4v) is 1.30. The monoisotopic (exact) mass is 256 g/mol. The minimum atomic E-state index is -0.524. The number of primary amides is 1. The Morgan fingerprint density at radius 2 is 2.00 bits per heavy atom. The molecule has 17 heavy (non-hydrogen) atoms. The number of benzene rings is 1. The van der Waals surface area contributed by atoms with Crippen LogP contribution in [0.1, 0.15) is 5.56 Å². The van der Waals surface area contributed by atoms with Crippen molar-refractivity contribution < 1.29 is 14.3 Å². The van der Waals surface area contributed by atoms with Crippen molar-refractivity contribution >= 4 is 23.5 Å². The van der Waals surface area contributed by atoms with Gasteiger partial charge in [0, 0.05) is 10.6 Å². The molecule has 6 heteroatoms. The fourth-order valence-electron chi connectivity index (χ4n) is 1.11. The van der Waals surface area contributed by atoms with E-state index in [0.717, 1.165) is 5.56 Å². The maximum Gasteiger partial charge on any atom is 0.320 e. The highest BCUT2D eigenvalue weighted by atomic mass is 35.5. The van der Waals surface area contributed by atoms with Crippen LogP contribution in [0.4, 0.5) is 0 Å². The standard InChI is InChI=1S/C11H13ClN2O3/c12-9-4-2-1-3-8(9)7-17-11(16)6-14-5-10(13)15/h1-4,14H,5-7H2,(H2,13,15). The van der Waals surface area contributed by atoms with Gasteiger partial charge in [-0.05, 0) is 6.07 Å². The number of halogens is 1. The normalized spacial score (nSPS) is 9.94. The van der Waals surface area contributed by atoms with E-state index in [1.54, 1.807) is 24.3 Å². The van der Waals surface area contributed by atoms with E-state index in [1.165, 1.54) is 0 Å². The zero-order valence-electron chi connectivity index (χ0n) is 9.11. The van der Waals surface area contributed by atoms with Crippen LogP contribution in [0.5, 0.6) is 0 Å². The Hall–Kier alpha value is -1.59. The van der Waals surface area contributed by atoms with Gasteiger partial charge in [0.15, 0.2) is 0 Å². The third-order valence-corrected chi connectivity index (χ3v) is 2.28. The SMILES string of the molecule is NC(=O)CNCC(=O)OCc1ccccc1Cl. The van der Waals surface area contributed by atoms with Crippen LogP contribution in [-0.2, 0) is 20.9 Å². The minimum absolute atomic E-state index is 0.0544. The molecule has 0 saturated heterocycles. The van der Waals surface area contributed by atoms with Gasteiger partial charge >= 0.3 is 5.97 Å². The largest absolute Gasteiger partial charge is 0.460 e. The second kappa shape index (κ2) is 6.88. The first-order valence-corrected chi connectivity index (χ1v) is 5.35. The fraction of sp³-hybridized carbons (Fsp3) is 0.273. The van der Waals surface area contributed by atoms with Gasteiger partial charge in [-0.15, -0.1) is 0 Å². The first kappa shape index (κ1) is 13.5. The van der Waals surface area contributed by atoms with Crippen molar-refractivity contribution in [1.82, 2.24) is 5.32 Å². The van der Waals surface area contributed by atoms with E-state index >= 15 is 0 Å². The van der Waals surface area contributed by atoms with Crippen molar-refractivity contribution in [2.75, 3.05) is 13.1 Å². The number of ether oxygens (including phenoxy) is 1. The topological polar surface area (TPSA) is 81.4 Å². The van der Waals surface area contributed by atoms with E-state index in [2.05, 4.69) is 5.32 Å². The number of nitrogens with two attached hydrogens (primary N) is 1. The Kier molecular flexibility index (Phi) is 5.45. The Morgan fingerprint density at radius 1 is 1.29 bits per heavy atom. The number of carbonyl (C=O) groups is 2. The highest BCUT2D eigenvalue weighted by Gasteiger charge is 2.05. The lowest BCUT2D eigenvalue weighted by molar-refractivity contribution is -0.143. The molecule has 1 amide bonds.